The lowest BCUT2D eigenvalue weighted by atomic mass is 10.2. The van der Waals surface area contributed by atoms with Gasteiger partial charge < -0.3 is 19.0 Å². The van der Waals surface area contributed by atoms with E-state index in [4.69, 9.17) is 13.7 Å². The lowest BCUT2D eigenvalue weighted by molar-refractivity contribution is 0.0540. The Morgan fingerprint density at radius 3 is 2.00 bits per heavy atom. The van der Waals surface area contributed by atoms with E-state index >= 15 is 0 Å². The van der Waals surface area contributed by atoms with Crippen molar-refractivity contribution in [2.24, 2.45) is 0 Å². The SMILES string of the molecule is CC.CC.CCOCCOCCNCCCCCCOSC. The summed E-state index contributed by atoms with van der Waals surface area (Å²) in [5.41, 5.74) is 0. The van der Waals surface area contributed by atoms with E-state index in [1.807, 2.05) is 40.9 Å². The fourth-order valence-corrected chi connectivity index (χ4v) is 1.77. The number of nitrogens with one attached hydrogen (secondary N) is 1. The van der Waals surface area contributed by atoms with Crippen molar-refractivity contribution in [1.29, 1.82) is 0 Å². The van der Waals surface area contributed by atoms with Gasteiger partial charge in [0.1, 0.15) is 0 Å². The summed E-state index contributed by atoms with van der Waals surface area (Å²) in [5, 5.41) is 3.38. The molecule has 0 aromatic carbocycles. The van der Waals surface area contributed by atoms with Gasteiger partial charge in [-0.05, 0) is 38.4 Å². The van der Waals surface area contributed by atoms with Crippen molar-refractivity contribution < 1.29 is 13.7 Å². The zero-order chi connectivity index (χ0) is 17.3. The highest BCUT2D eigenvalue weighted by atomic mass is 32.2. The van der Waals surface area contributed by atoms with Crippen LogP contribution in [0.4, 0.5) is 0 Å². The average Bonchev–Trinajstić information content (AvgIpc) is 2.59. The molecular weight excluding hydrogens is 298 g/mol. The first kappa shape index (κ1) is 27.1. The van der Waals surface area contributed by atoms with Crippen LogP contribution in [0, 0.1) is 0 Å². The first-order chi connectivity index (χ1) is 10.9. The van der Waals surface area contributed by atoms with Gasteiger partial charge in [-0.3, -0.25) is 0 Å². The molecule has 0 aliphatic rings. The van der Waals surface area contributed by atoms with Gasteiger partial charge >= 0.3 is 0 Å². The van der Waals surface area contributed by atoms with Crippen LogP contribution in [-0.2, 0) is 13.7 Å². The van der Waals surface area contributed by atoms with Crippen molar-refractivity contribution in [3.8, 4) is 0 Å². The molecule has 0 saturated carbocycles. The molecule has 0 aromatic rings. The zero-order valence-corrected chi connectivity index (χ0v) is 16.7. The number of rotatable bonds is 15. The van der Waals surface area contributed by atoms with Gasteiger partial charge in [0.2, 0.25) is 0 Å². The molecule has 4 nitrogen and oxygen atoms in total. The van der Waals surface area contributed by atoms with Crippen LogP contribution in [-0.4, -0.2) is 52.4 Å². The second-order valence-corrected chi connectivity index (χ2v) is 4.53. The standard InChI is InChI=1S/C13H29NO3S.2C2H6/c1-3-15-12-13-16-11-9-14-8-6-4-5-7-10-17-18-2;2*1-2/h14H,3-13H2,1-2H3;2*1-2H3. The molecule has 0 atom stereocenters. The smallest absolute Gasteiger partial charge is 0.0701 e. The third-order valence-electron chi connectivity index (χ3n) is 2.45. The van der Waals surface area contributed by atoms with E-state index in [1.165, 1.54) is 37.7 Å². The minimum Gasteiger partial charge on any atom is -0.379 e. The average molecular weight is 340 g/mol. The summed E-state index contributed by atoms with van der Waals surface area (Å²) in [6, 6.07) is 0. The Hall–Kier alpha value is 0.190. The highest BCUT2D eigenvalue weighted by molar-refractivity contribution is 7.93. The summed E-state index contributed by atoms with van der Waals surface area (Å²) < 4.78 is 15.8. The Morgan fingerprint density at radius 1 is 0.727 bits per heavy atom. The van der Waals surface area contributed by atoms with Crippen molar-refractivity contribution in [1.82, 2.24) is 5.32 Å². The van der Waals surface area contributed by atoms with Crippen molar-refractivity contribution in [3.63, 3.8) is 0 Å². The van der Waals surface area contributed by atoms with Crippen LogP contribution in [0.2, 0.25) is 0 Å². The van der Waals surface area contributed by atoms with Crippen molar-refractivity contribution >= 4 is 12.0 Å². The molecule has 5 heteroatoms. The molecule has 0 spiro atoms. The van der Waals surface area contributed by atoms with Crippen LogP contribution in [0.3, 0.4) is 0 Å². The summed E-state index contributed by atoms with van der Waals surface area (Å²) in [4.78, 5) is 0. The second-order valence-electron chi connectivity index (χ2n) is 3.96. The summed E-state index contributed by atoms with van der Waals surface area (Å²) >= 11 is 1.45. The first-order valence-corrected chi connectivity index (χ1v) is 10.1. The van der Waals surface area contributed by atoms with Gasteiger partial charge in [-0.15, -0.1) is 0 Å². The minimum absolute atomic E-state index is 0.699. The van der Waals surface area contributed by atoms with Gasteiger partial charge in [0.05, 0.1) is 26.4 Å². The van der Waals surface area contributed by atoms with Crippen LogP contribution in [0.15, 0.2) is 0 Å². The molecule has 0 radical (unpaired) electrons. The molecule has 0 aliphatic heterocycles. The lowest BCUT2D eigenvalue weighted by Crippen LogP contribution is -2.21. The topological polar surface area (TPSA) is 39.7 Å². The Morgan fingerprint density at radius 2 is 1.36 bits per heavy atom. The van der Waals surface area contributed by atoms with Gasteiger partial charge in [0.25, 0.3) is 0 Å². The number of hydrogen-bond acceptors (Lipinski definition) is 5. The normalized spacial score (nSPS) is 9.55. The van der Waals surface area contributed by atoms with Crippen LogP contribution in [0.25, 0.3) is 0 Å². The molecule has 0 fully saturated rings. The van der Waals surface area contributed by atoms with Crippen LogP contribution in [0.5, 0.6) is 0 Å². The molecular formula is C17H41NO3S. The maximum absolute atomic E-state index is 5.40. The van der Waals surface area contributed by atoms with Crippen molar-refractivity contribution in [3.05, 3.63) is 0 Å². The predicted octanol–water partition coefficient (Wildman–Crippen LogP) is 4.54. The van der Waals surface area contributed by atoms with Crippen LogP contribution in [0.1, 0.15) is 60.3 Å². The van der Waals surface area contributed by atoms with Gasteiger partial charge in [-0.25, -0.2) is 0 Å². The fourth-order valence-electron chi connectivity index (χ4n) is 1.48. The minimum atomic E-state index is 0.699. The Bertz CT molecular complexity index is 136. The van der Waals surface area contributed by atoms with Crippen LogP contribution < -0.4 is 5.32 Å². The van der Waals surface area contributed by atoms with E-state index in [0.717, 1.165) is 32.9 Å². The molecule has 1 N–H and O–H groups in total. The van der Waals surface area contributed by atoms with E-state index in [0.29, 0.717) is 13.2 Å². The summed E-state index contributed by atoms with van der Waals surface area (Å²) in [7, 11) is 0. The van der Waals surface area contributed by atoms with Crippen molar-refractivity contribution in [2.45, 2.75) is 60.3 Å². The van der Waals surface area contributed by atoms with E-state index in [1.54, 1.807) is 0 Å². The molecule has 0 bridgehead atoms. The van der Waals surface area contributed by atoms with E-state index in [-0.39, 0.29) is 0 Å². The Labute approximate surface area is 144 Å². The molecule has 22 heavy (non-hydrogen) atoms. The maximum Gasteiger partial charge on any atom is 0.0701 e. The molecule has 0 heterocycles. The molecule has 0 aliphatic carbocycles. The fraction of sp³-hybridized carbons (Fsp3) is 1.00. The van der Waals surface area contributed by atoms with Crippen molar-refractivity contribution in [2.75, 3.05) is 52.4 Å². The van der Waals surface area contributed by atoms with Gasteiger partial charge in [0.15, 0.2) is 0 Å². The predicted molar refractivity (Wildman–Crippen MR) is 101 cm³/mol. The zero-order valence-electron chi connectivity index (χ0n) is 15.9. The van der Waals surface area contributed by atoms with Gasteiger partial charge in [0, 0.05) is 19.4 Å². The summed E-state index contributed by atoms with van der Waals surface area (Å²) in [6.07, 6.45) is 6.89. The quantitative estimate of drug-likeness (QED) is 0.350. The highest BCUT2D eigenvalue weighted by Gasteiger charge is 1.92. The number of unbranched alkanes of at least 4 members (excludes halogenated alkanes) is 3. The third kappa shape index (κ3) is 32.2. The van der Waals surface area contributed by atoms with Gasteiger partial charge in [-0.2, -0.15) is 0 Å². The lowest BCUT2D eigenvalue weighted by Gasteiger charge is -2.06. The summed E-state index contributed by atoms with van der Waals surface area (Å²) in [5.74, 6) is 0. The summed E-state index contributed by atoms with van der Waals surface area (Å²) in [6.45, 7) is 15.8. The maximum atomic E-state index is 5.40. The first-order valence-electron chi connectivity index (χ1n) is 8.93. The van der Waals surface area contributed by atoms with Gasteiger partial charge in [-0.1, -0.05) is 40.5 Å². The van der Waals surface area contributed by atoms with Crippen LogP contribution >= 0.6 is 12.0 Å². The molecule has 0 saturated heterocycles. The molecule has 0 aromatic heterocycles. The monoisotopic (exact) mass is 339 g/mol. The van der Waals surface area contributed by atoms with E-state index in [9.17, 15) is 0 Å². The highest BCUT2D eigenvalue weighted by Crippen LogP contribution is 2.02. The molecule has 138 valence electrons. The third-order valence-corrected chi connectivity index (χ3v) is 2.85. The molecule has 0 unspecified atom stereocenters. The number of hydrogen-bond donors (Lipinski definition) is 1. The van der Waals surface area contributed by atoms with E-state index in [2.05, 4.69) is 5.32 Å². The second kappa shape index (κ2) is 33.0. The van der Waals surface area contributed by atoms with E-state index < -0.39 is 0 Å². The number of ether oxygens (including phenoxy) is 2. The largest absolute Gasteiger partial charge is 0.379 e. The molecule has 0 rings (SSSR count). The Balaban J connectivity index is -0.000000826. The Kier molecular flexibility index (Phi) is 40.5. The molecule has 0 amide bonds.